The first-order valence-electron chi connectivity index (χ1n) is 8.17. The summed E-state index contributed by atoms with van der Waals surface area (Å²) in [5.74, 6) is -1.17. The highest BCUT2D eigenvalue weighted by Gasteiger charge is 2.21. The van der Waals surface area contributed by atoms with Crippen LogP contribution < -0.4 is 4.74 Å². The Hall–Kier alpha value is -3.81. The Morgan fingerprint density at radius 2 is 1.75 bits per heavy atom. The summed E-state index contributed by atoms with van der Waals surface area (Å²) in [6.07, 6.45) is 0. The van der Waals surface area contributed by atoms with E-state index >= 15 is 0 Å². The molecule has 0 unspecified atom stereocenters. The van der Waals surface area contributed by atoms with Crippen LogP contribution in [0.3, 0.4) is 0 Å². The van der Waals surface area contributed by atoms with Gasteiger partial charge in [-0.15, -0.1) is 0 Å². The highest BCUT2D eigenvalue weighted by Crippen LogP contribution is 2.33. The molecule has 4 aromatic rings. The van der Waals surface area contributed by atoms with E-state index in [9.17, 15) is 18.7 Å². The molecule has 140 valence electrons. The molecule has 28 heavy (non-hydrogen) atoms. The van der Waals surface area contributed by atoms with Gasteiger partial charge >= 0.3 is 12.6 Å². The number of aromatic carboxylic acids is 1. The van der Waals surface area contributed by atoms with Crippen molar-refractivity contribution in [3.8, 4) is 28.3 Å². The van der Waals surface area contributed by atoms with Crippen LogP contribution in [0.1, 0.15) is 10.4 Å². The van der Waals surface area contributed by atoms with Gasteiger partial charge in [-0.25, -0.2) is 9.78 Å². The summed E-state index contributed by atoms with van der Waals surface area (Å²) in [6, 6.07) is 16.1. The number of ether oxygens (including phenoxy) is 1. The Labute approximate surface area is 157 Å². The minimum absolute atomic E-state index is 0.00989. The monoisotopic (exact) mass is 382 g/mol. The summed E-state index contributed by atoms with van der Waals surface area (Å²) in [5, 5.41) is 14.0. The molecule has 2 aromatic heterocycles. The van der Waals surface area contributed by atoms with Crippen molar-refractivity contribution in [1.82, 2.24) is 10.1 Å². The third-order valence-corrected chi connectivity index (χ3v) is 4.10. The quantitative estimate of drug-likeness (QED) is 0.531. The number of alkyl halides is 2. The number of hydrogen-bond donors (Lipinski definition) is 1. The van der Waals surface area contributed by atoms with E-state index in [0.29, 0.717) is 27.9 Å². The van der Waals surface area contributed by atoms with Gasteiger partial charge in [0.15, 0.2) is 0 Å². The number of carbonyl (C=O) groups is 1. The molecule has 0 bridgehead atoms. The van der Waals surface area contributed by atoms with E-state index in [1.54, 1.807) is 24.3 Å². The molecular weight excluding hydrogens is 370 g/mol. The molecule has 0 amide bonds. The molecule has 6 nitrogen and oxygen atoms in total. The highest BCUT2D eigenvalue weighted by molar-refractivity contribution is 6.07. The second-order valence-electron chi connectivity index (χ2n) is 5.84. The SMILES string of the molecule is O=C(O)c1cc(-c2ccc(OC(F)F)cc2)nc2onc(-c3ccccc3)c12. The lowest BCUT2D eigenvalue weighted by Crippen LogP contribution is -2.02. The molecule has 0 aliphatic rings. The van der Waals surface area contributed by atoms with E-state index in [-0.39, 0.29) is 17.0 Å². The van der Waals surface area contributed by atoms with E-state index < -0.39 is 12.6 Å². The summed E-state index contributed by atoms with van der Waals surface area (Å²) in [5.41, 5.74) is 1.96. The number of hydrogen-bond acceptors (Lipinski definition) is 5. The van der Waals surface area contributed by atoms with Crippen molar-refractivity contribution in [2.75, 3.05) is 0 Å². The van der Waals surface area contributed by atoms with Gasteiger partial charge in [0.05, 0.1) is 16.6 Å². The second-order valence-corrected chi connectivity index (χ2v) is 5.84. The van der Waals surface area contributed by atoms with Crippen LogP contribution in [0.15, 0.2) is 65.2 Å². The predicted octanol–water partition coefficient (Wildman–Crippen LogP) is 4.86. The van der Waals surface area contributed by atoms with Crippen LogP contribution in [0, 0.1) is 0 Å². The first-order valence-corrected chi connectivity index (χ1v) is 8.17. The highest BCUT2D eigenvalue weighted by atomic mass is 19.3. The molecule has 1 N–H and O–H groups in total. The van der Waals surface area contributed by atoms with Gasteiger partial charge in [-0.05, 0) is 30.3 Å². The van der Waals surface area contributed by atoms with E-state index in [1.165, 1.54) is 30.3 Å². The number of fused-ring (bicyclic) bond motifs is 1. The zero-order chi connectivity index (χ0) is 19.7. The molecule has 0 spiro atoms. The summed E-state index contributed by atoms with van der Waals surface area (Å²) in [4.78, 5) is 16.2. The number of nitrogens with zero attached hydrogens (tertiary/aromatic N) is 2. The first kappa shape index (κ1) is 17.6. The lowest BCUT2D eigenvalue weighted by Gasteiger charge is -2.07. The van der Waals surface area contributed by atoms with Gasteiger partial charge in [0, 0.05) is 11.1 Å². The Balaban J connectivity index is 1.83. The molecule has 0 radical (unpaired) electrons. The Kier molecular flexibility index (Phi) is 4.44. The Morgan fingerprint density at radius 1 is 1.04 bits per heavy atom. The van der Waals surface area contributed by atoms with Gasteiger partial charge in [-0.1, -0.05) is 35.5 Å². The van der Waals surface area contributed by atoms with Gasteiger partial charge in [0.1, 0.15) is 11.4 Å². The number of pyridine rings is 1. The van der Waals surface area contributed by atoms with Crippen molar-refractivity contribution < 1.29 is 27.9 Å². The molecule has 4 rings (SSSR count). The van der Waals surface area contributed by atoms with Crippen molar-refractivity contribution in [3.63, 3.8) is 0 Å². The van der Waals surface area contributed by atoms with Crippen LogP contribution in [0.5, 0.6) is 5.75 Å². The van der Waals surface area contributed by atoms with Crippen LogP contribution in [0.2, 0.25) is 0 Å². The fraction of sp³-hybridized carbons (Fsp3) is 0.0500. The molecule has 0 saturated heterocycles. The van der Waals surface area contributed by atoms with Crippen molar-refractivity contribution in [3.05, 3.63) is 66.2 Å². The van der Waals surface area contributed by atoms with Crippen LogP contribution in [0.4, 0.5) is 8.78 Å². The number of rotatable bonds is 5. The van der Waals surface area contributed by atoms with E-state index in [0.717, 1.165) is 0 Å². The average Bonchev–Trinajstić information content (AvgIpc) is 3.12. The van der Waals surface area contributed by atoms with E-state index in [2.05, 4.69) is 14.9 Å². The van der Waals surface area contributed by atoms with Crippen LogP contribution >= 0.6 is 0 Å². The Morgan fingerprint density at radius 3 is 2.39 bits per heavy atom. The fourth-order valence-corrected chi connectivity index (χ4v) is 2.87. The topological polar surface area (TPSA) is 85.5 Å². The summed E-state index contributed by atoms with van der Waals surface area (Å²) < 4.78 is 34.2. The molecule has 0 aliphatic heterocycles. The van der Waals surface area contributed by atoms with Gasteiger partial charge < -0.3 is 14.4 Å². The van der Waals surface area contributed by atoms with E-state index in [1.807, 2.05) is 6.07 Å². The average molecular weight is 382 g/mol. The first-order chi connectivity index (χ1) is 13.5. The molecule has 0 atom stereocenters. The van der Waals surface area contributed by atoms with Gasteiger partial charge in [0.25, 0.3) is 5.71 Å². The maximum absolute atomic E-state index is 12.3. The van der Waals surface area contributed by atoms with Gasteiger partial charge in [-0.3, -0.25) is 0 Å². The molecule has 0 saturated carbocycles. The smallest absolute Gasteiger partial charge is 0.387 e. The number of aromatic nitrogens is 2. The fourth-order valence-electron chi connectivity index (χ4n) is 2.87. The molecule has 0 fully saturated rings. The van der Waals surface area contributed by atoms with Crippen LogP contribution in [-0.2, 0) is 0 Å². The molecular formula is C20H12F2N2O4. The summed E-state index contributed by atoms with van der Waals surface area (Å²) in [7, 11) is 0. The molecule has 0 aliphatic carbocycles. The molecule has 2 aromatic carbocycles. The Bertz CT molecular complexity index is 1140. The third-order valence-electron chi connectivity index (χ3n) is 4.10. The van der Waals surface area contributed by atoms with Crippen LogP contribution in [0.25, 0.3) is 33.6 Å². The lowest BCUT2D eigenvalue weighted by atomic mass is 10.0. The number of benzene rings is 2. The summed E-state index contributed by atoms with van der Waals surface area (Å²) in [6.45, 7) is -2.93. The van der Waals surface area contributed by atoms with Crippen LogP contribution in [-0.4, -0.2) is 27.8 Å². The maximum Gasteiger partial charge on any atom is 0.387 e. The number of halogens is 2. The number of carboxylic acids is 1. The molecule has 8 heteroatoms. The lowest BCUT2D eigenvalue weighted by molar-refractivity contribution is -0.0498. The normalized spacial score (nSPS) is 11.1. The maximum atomic E-state index is 12.3. The zero-order valence-corrected chi connectivity index (χ0v) is 14.2. The van der Waals surface area contributed by atoms with Crippen molar-refractivity contribution in [2.45, 2.75) is 6.61 Å². The second kappa shape index (κ2) is 7.07. The number of carboxylic acid groups (broad SMARTS) is 1. The standard InChI is InChI=1S/C20H12F2N2O4/c21-20(22)27-13-8-6-11(7-9-13)15-10-14(19(25)26)16-17(24-28-18(16)23-15)12-4-2-1-3-5-12/h1-10,20H,(H,25,26). The van der Waals surface area contributed by atoms with Gasteiger partial charge in [0.2, 0.25) is 0 Å². The zero-order valence-electron chi connectivity index (χ0n) is 14.2. The van der Waals surface area contributed by atoms with Crippen molar-refractivity contribution in [1.29, 1.82) is 0 Å². The third kappa shape index (κ3) is 3.27. The van der Waals surface area contributed by atoms with Crippen molar-refractivity contribution in [2.24, 2.45) is 0 Å². The van der Waals surface area contributed by atoms with E-state index in [4.69, 9.17) is 4.52 Å². The van der Waals surface area contributed by atoms with Gasteiger partial charge in [-0.2, -0.15) is 8.78 Å². The largest absolute Gasteiger partial charge is 0.478 e. The minimum Gasteiger partial charge on any atom is -0.478 e. The predicted molar refractivity (Wildman–Crippen MR) is 96.3 cm³/mol. The molecule has 2 heterocycles. The summed E-state index contributed by atoms with van der Waals surface area (Å²) >= 11 is 0. The minimum atomic E-state index is -2.93. The van der Waals surface area contributed by atoms with Crippen molar-refractivity contribution >= 4 is 17.1 Å².